The summed E-state index contributed by atoms with van der Waals surface area (Å²) in [6, 6.07) is 1.78. The maximum Gasteiger partial charge on any atom is 0.283 e. The third-order valence-corrected chi connectivity index (χ3v) is 2.50. The summed E-state index contributed by atoms with van der Waals surface area (Å²) in [6.45, 7) is 0. The molecule has 20 heavy (non-hydrogen) atoms. The molecule has 4 rings (SSSR count). The molecule has 0 bridgehead atoms. The Morgan fingerprint density at radius 3 is 2.20 bits per heavy atom. The van der Waals surface area contributed by atoms with Gasteiger partial charge in [-0.25, -0.2) is 9.97 Å². The number of aromatic nitrogens is 5. The molecule has 0 amide bonds. The first-order valence-corrected chi connectivity index (χ1v) is 7.46. The first-order chi connectivity index (χ1) is 10.0. The first kappa shape index (κ1) is 16.1. The van der Waals surface area contributed by atoms with Gasteiger partial charge in [-0.3, -0.25) is 0 Å². The quantitative estimate of drug-likeness (QED) is 0.495. The van der Waals surface area contributed by atoms with Gasteiger partial charge in [-0.1, -0.05) is 4.49 Å². The molecule has 0 aliphatic heterocycles. The molecule has 100 valence electrons. The summed E-state index contributed by atoms with van der Waals surface area (Å²) in [4.78, 5) is 7.05. The molecule has 9 heteroatoms. The molecular weight excluding hydrogens is 314 g/mol. The molecule has 0 N–H and O–H groups in total. The first-order valence-electron chi connectivity index (χ1n) is 4.90. The number of rotatable bonds is 0. The van der Waals surface area contributed by atoms with E-state index in [4.69, 9.17) is 0 Å². The summed E-state index contributed by atoms with van der Waals surface area (Å²) in [5.41, 5.74) is 2.65. The van der Waals surface area contributed by atoms with Gasteiger partial charge in [0.15, 0.2) is 5.51 Å². The smallest absolute Gasteiger partial charge is 0.283 e. The second-order valence-corrected chi connectivity index (χ2v) is 4.38. The van der Waals surface area contributed by atoms with Crippen molar-refractivity contribution in [2.45, 2.75) is 0 Å². The predicted octanol–water partition coefficient (Wildman–Crippen LogP) is 2.70. The van der Waals surface area contributed by atoms with Crippen molar-refractivity contribution in [2.75, 3.05) is 0 Å². The van der Waals surface area contributed by atoms with Crippen LogP contribution in [-0.4, -0.2) is 23.9 Å². The highest BCUT2D eigenvalue weighted by Crippen LogP contribution is 1.84. The summed E-state index contributed by atoms with van der Waals surface area (Å²) in [5, 5.41) is 8.81. The van der Waals surface area contributed by atoms with Gasteiger partial charge >= 0.3 is 0 Å². The zero-order chi connectivity index (χ0) is 14.1. The van der Waals surface area contributed by atoms with Crippen LogP contribution in [0.15, 0.2) is 45.3 Å². The van der Waals surface area contributed by atoms with E-state index >= 15 is 0 Å². The topological polar surface area (TPSA) is 77.6 Å². The van der Waals surface area contributed by atoms with Crippen molar-refractivity contribution >= 4 is 34.4 Å². The van der Waals surface area contributed by atoms with Crippen molar-refractivity contribution in [1.29, 1.82) is 0 Å². The molecule has 0 unspecified atom stereocenters. The van der Waals surface area contributed by atoms with E-state index in [2.05, 4.69) is 52.6 Å². The number of thiazole rings is 1. The molecule has 0 saturated carbocycles. The van der Waals surface area contributed by atoms with Crippen molar-refractivity contribution in [3.8, 4) is 0 Å². The molecule has 4 aromatic rings. The van der Waals surface area contributed by atoms with Crippen LogP contribution >= 0.6 is 34.4 Å². The summed E-state index contributed by atoms with van der Waals surface area (Å²) in [5.74, 6) is 0. The molecule has 0 aliphatic rings. The number of hydrogen-bond donors (Lipinski definition) is 0. The van der Waals surface area contributed by atoms with Gasteiger partial charge in [-0.05, 0) is 29.1 Å². The molecule has 4 heterocycles. The minimum absolute atomic E-state index is 1.30. The Hall–Kier alpha value is -1.97. The van der Waals surface area contributed by atoms with Crippen LogP contribution < -0.4 is 0 Å². The maximum absolute atomic E-state index is 4.35. The number of hydrogen-bond acceptors (Lipinski definition) is 9. The monoisotopic (exact) mass is 321 g/mol. The van der Waals surface area contributed by atoms with Gasteiger partial charge in [0.1, 0.15) is 18.7 Å². The van der Waals surface area contributed by atoms with Crippen LogP contribution in [0.4, 0.5) is 0 Å². The van der Waals surface area contributed by atoms with Crippen LogP contribution in [0.2, 0.25) is 0 Å². The Balaban J connectivity index is 0.000000133. The third-order valence-electron chi connectivity index (χ3n) is 1.18. The highest BCUT2D eigenvalue weighted by molar-refractivity contribution is 7.07. The molecule has 0 aliphatic carbocycles. The molecule has 0 atom stereocenters. The van der Waals surface area contributed by atoms with Crippen molar-refractivity contribution < 1.29 is 4.42 Å². The van der Waals surface area contributed by atoms with Gasteiger partial charge in [0.2, 0.25) is 0 Å². The van der Waals surface area contributed by atoms with Crippen molar-refractivity contribution in [2.24, 2.45) is 0 Å². The van der Waals surface area contributed by atoms with Gasteiger partial charge in [-0.2, -0.15) is 4.37 Å². The standard InChI is InChI=1S/C3H2NO.2C3H2NS.C2HN2S/c2*1-2-5-3-4-1;1-2-4-5-3-1;1-2-5-4-3-1/h2*1-2H;1,3H;2H. The lowest BCUT2D eigenvalue weighted by Gasteiger charge is -1.44. The lowest BCUT2D eigenvalue weighted by Crippen LogP contribution is -1.52. The normalized spacial score (nSPS) is 8.00. The van der Waals surface area contributed by atoms with Gasteiger partial charge < -0.3 is 4.42 Å². The van der Waals surface area contributed by atoms with Crippen molar-refractivity contribution in [3.05, 3.63) is 65.2 Å². The fourth-order valence-electron chi connectivity index (χ4n) is 0.574. The Bertz CT molecular complexity index is 363. The molecular formula is C11H7N5OS3. The third kappa shape index (κ3) is 11.1. The van der Waals surface area contributed by atoms with E-state index in [9.17, 15) is 0 Å². The SMILES string of the molecule is [c]1ccsn1.[c]1csnn1.[c]1ncco1.[c]1nccs1. The van der Waals surface area contributed by atoms with E-state index in [0.29, 0.717) is 0 Å². The molecule has 4 aromatic heterocycles. The van der Waals surface area contributed by atoms with Crippen LogP contribution in [0.5, 0.6) is 0 Å². The van der Waals surface area contributed by atoms with Crippen molar-refractivity contribution in [3.63, 3.8) is 0 Å². The van der Waals surface area contributed by atoms with Gasteiger partial charge in [0.25, 0.3) is 6.39 Å². The zero-order valence-corrected chi connectivity index (χ0v) is 12.4. The number of nitrogens with zero attached hydrogens (tertiary/aromatic N) is 5. The zero-order valence-electron chi connectivity index (χ0n) is 9.91. The predicted molar refractivity (Wildman–Crippen MR) is 76.0 cm³/mol. The molecule has 4 radical (unpaired) electrons. The van der Waals surface area contributed by atoms with Crippen LogP contribution in [0.25, 0.3) is 0 Å². The minimum atomic E-state index is 1.30. The molecule has 0 aromatic carbocycles. The van der Waals surface area contributed by atoms with Gasteiger partial charge in [0.05, 0.1) is 6.20 Å². The largest absolute Gasteiger partial charge is 0.441 e. The van der Waals surface area contributed by atoms with Crippen LogP contribution in [-0.2, 0) is 0 Å². The summed E-state index contributed by atoms with van der Waals surface area (Å²) >= 11 is 4.18. The Labute approximate surface area is 128 Å². The molecule has 6 nitrogen and oxygen atoms in total. The van der Waals surface area contributed by atoms with E-state index in [1.54, 1.807) is 17.6 Å². The van der Waals surface area contributed by atoms with Gasteiger partial charge in [0, 0.05) is 22.3 Å². The average Bonchev–Trinajstić information content (AvgIpc) is 3.40. The minimum Gasteiger partial charge on any atom is -0.441 e. The van der Waals surface area contributed by atoms with E-state index in [-0.39, 0.29) is 0 Å². The maximum atomic E-state index is 4.35. The second-order valence-electron chi connectivity index (χ2n) is 2.41. The van der Waals surface area contributed by atoms with Gasteiger partial charge in [-0.15, -0.1) is 16.4 Å². The fourth-order valence-corrected chi connectivity index (χ4v) is 1.42. The lowest BCUT2D eigenvalue weighted by molar-refractivity contribution is 0.548. The van der Waals surface area contributed by atoms with E-state index in [1.807, 2.05) is 10.8 Å². The van der Waals surface area contributed by atoms with Crippen LogP contribution in [0.1, 0.15) is 0 Å². The Morgan fingerprint density at radius 1 is 1.00 bits per heavy atom. The van der Waals surface area contributed by atoms with Crippen molar-refractivity contribution in [1.82, 2.24) is 23.9 Å². The van der Waals surface area contributed by atoms with Crippen LogP contribution in [0.3, 0.4) is 0 Å². The highest BCUT2D eigenvalue weighted by atomic mass is 32.1. The summed E-state index contributed by atoms with van der Waals surface area (Å²) in [7, 11) is 0. The number of oxazole rings is 1. The van der Waals surface area contributed by atoms with Crippen LogP contribution in [0, 0.1) is 24.3 Å². The molecule has 0 spiro atoms. The second kappa shape index (κ2) is 13.5. The molecule has 0 saturated heterocycles. The summed E-state index contributed by atoms with van der Waals surface area (Å²) in [6.07, 6.45) is 12.1. The Kier molecular flexibility index (Phi) is 10.8. The van der Waals surface area contributed by atoms with E-state index < -0.39 is 0 Å². The van der Waals surface area contributed by atoms with E-state index in [0.717, 1.165) is 0 Å². The lowest BCUT2D eigenvalue weighted by atomic mass is 10.8. The average molecular weight is 321 g/mol. The fraction of sp³-hybridized carbons (Fsp3) is 0. The van der Waals surface area contributed by atoms with E-state index in [1.165, 1.54) is 46.9 Å². The molecule has 0 fully saturated rings. The summed E-state index contributed by atoms with van der Waals surface area (Å²) < 4.78 is 11.4. The Morgan fingerprint density at radius 2 is 2.00 bits per heavy atom. The highest BCUT2D eigenvalue weighted by Gasteiger charge is 1.63.